The van der Waals surface area contributed by atoms with Gasteiger partial charge >= 0.3 is 5.97 Å². The van der Waals surface area contributed by atoms with Crippen LogP contribution in [0.15, 0.2) is 0 Å². The van der Waals surface area contributed by atoms with Crippen LogP contribution in [0.4, 0.5) is 0 Å². The molecular formula is C11H19NO3. The number of carboxylic acid groups (broad SMARTS) is 1. The average molecular weight is 213 g/mol. The third-order valence-electron chi connectivity index (χ3n) is 3.70. The SMILES string of the molecule is COC1CCCCC1N1CC(C(=O)O)C1. The molecule has 4 nitrogen and oxygen atoms in total. The van der Waals surface area contributed by atoms with Gasteiger partial charge in [-0.25, -0.2) is 0 Å². The Hall–Kier alpha value is -0.610. The van der Waals surface area contributed by atoms with Crippen LogP contribution in [0.25, 0.3) is 0 Å². The Morgan fingerprint density at radius 2 is 2.00 bits per heavy atom. The zero-order valence-corrected chi connectivity index (χ0v) is 9.19. The Morgan fingerprint density at radius 1 is 1.33 bits per heavy atom. The molecule has 1 aliphatic carbocycles. The summed E-state index contributed by atoms with van der Waals surface area (Å²) in [5.41, 5.74) is 0. The summed E-state index contributed by atoms with van der Waals surface area (Å²) in [5, 5.41) is 8.81. The summed E-state index contributed by atoms with van der Waals surface area (Å²) in [6.45, 7) is 1.42. The molecule has 86 valence electrons. The monoisotopic (exact) mass is 213 g/mol. The minimum atomic E-state index is -0.656. The summed E-state index contributed by atoms with van der Waals surface area (Å²) in [4.78, 5) is 13.0. The van der Waals surface area contributed by atoms with Gasteiger partial charge in [0.2, 0.25) is 0 Å². The molecule has 1 saturated carbocycles. The predicted octanol–water partition coefficient (Wildman–Crippen LogP) is 0.960. The molecule has 1 saturated heterocycles. The van der Waals surface area contributed by atoms with Crippen LogP contribution in [0, 0.1) is 5.92 Å². The molecule has 0 aromatic rings. The molecule has 0 bridgehead atoms. The van der Waals surface area contributed by atoms with E-state index in [0.717, 1.165) is 12.8 Å². The van der Waals surface area contributed by atoms with Crippen molar-refractivity contribution in [2.75, 3.05) is 20.2 Å². The van der Waals surface area contributed by atoms with E-state index in [1.165, 1.54) is 12.8 Å². The largest absolute Gasteiger partial charge is 0.481 e. The minimum absolute atomic E-state index is 0.149. The summed E-state index contributed by atoms with van der Waals surface area (Å²) in [5.74, 6) is -0.805. The molecule has 4 heteroatoms. The Bertz CT molecular complexity index is 238. The molecular weight excluding hydrogens is 194 g/mol. The topological polar surface area (TPSA) is 49.8 Å². The molecule has 0 amide bonds. The first-order valence-corrected chi connectivity index (χ1v) is 5.72. The molecule has 1 heterocycles. The van der Waals surface area contributed by atoms with Crippen molar-refractivity contribution in [3.8, 4) is 0 Å². The number of likely N-dealkylation sites (tertiary alicyclic amines) is 1. The van der Waals surface area contributed by atoms with Gasteiger partial charge < -0.3 is 9.84 Å². The number of methoxy groups -OCH3 is 1. The molecule has 0 aromatic carbocycles. The second kappa shape index (κ2) is 4.49. The van der Waals surface area contributed by atoms with Crippen molar-refractivity contribution in [3.05, 3.63) is 0 Å². The van der Waals surface area contributed by atoms with E-state index in [0.29, 0.717) is 25.2 Å². The van der Waals surface area contributed by atoms with Crippen molar-refractivity contribution in [3.63, 3.8) is 0 Å². The number of carboxylic acids is 1. The van der Waals surface area contributed by atoms with Crippen molar-refractivity contribution in [2.45, 2.75) is 37.8 Å². The fraction of sp³-hybridized carbons (Fsp3) is 0.909. The molecule has 2 rings (SSSR count). The van der Waals surface area contributed by atoms with Gasteiger partial charge in [0, 0.05) is 26.2 Å². The predicted molar refractivity (Wildman–Crippen MR) is 55.8 cm³/mol. The summed E-state index contributed by atoms with van der Waals surface area (Å²) in [6.07, 6.45) is 5.08. The van der Waals surface area contributed by atoms with E-state index in [1.807, 2.05) is 0 Å². The third-order valence-corrected chi connectivity index (χ3v) is 3.70. The van der Waals surface area contributed by atoms with Gasteiger partial charge in [-0.05, 0) is 12.8 Å². The smallest absolute Gasteiger partial charge is 0.309 e. The molecule has 1 N–H and O–H groups in total. The van der Waals surface area contributed by atoms with E-state index in [1.54, 1.807) is 7.11 Å². The first kappa shape index (κ1) is 10.9. The number of carbonyl (C=O) groups is 1. The zero-order valence-electron chi connectivity index (χ0n) is 9.19. The fourth-order valence-electron chi connectivity index (χ4n) is 2.71. The molecule has 0 spiro atoms. The standard InChI is InChI=1S/C11H19NO3/c1-15-10-5-3-2-4-9(10)12-6-8(7-12)11(13)14/h8-10H,2-7H2,1H3,(H,13,14). The van der Waals surface area contributed by atoms with Gasteiger partial charge in [0.25, 0.3) is 0 Å². The van der Waals surface area contributed by atoms with E-state index >= 15 is 0 Å². The number of rotatable bonds is 3. The number of aliphatic carboxylic acids is 1. The maximum absolute atomic E-state index is 10.7. The van der Waals surface area contributed by atoms with E-state index in [9.17, 15) is 4.79 Å². The molecule has 2 atom stereocenters. The van der Waals surface area contributed by atoms with Gasteiger partial charge in [-0.15, -0.1) is 0 Å². The van der Waals surface area contributed by atoms with Gasteiger partial charge in [0.1, 0.15) is 0 Å². The van der Waals surface area contributed by atoms with Crippen LogP contribution < -0.4 is 0 Å². The lowest BCUT2D eigenvalue weighted by Crippen LogP contribution is -2.59. The second-order valence-corrected chi connectivity index (χ2v) is 4.62. The Kier molecular flexibility index (Phi) is 3.26. The Morgan fingerprint density at radius 3 is 2.60 bits per heavy atom. The fourth-order valence-corrected chi connectivity index (χ4v) is 2.71. The van der Waals surface area contributed by atoms with Crippen molar-refractivity contribution >= 4 is 5.97 Å². The van der Waals surface area contributed by atoms with Crippen LogP contribution in [0.2, 0.25) is 0 Å². The van der Waals surface area contributed by atoms with E-state index in [4.69, 9.17) is 9.84 Å². The number of hydrogen-bond acceptors (Lipinski definition) is 3. The van der Waals surface area contributed by atoms with Gasteiger partial charge in [-0.1, -0.05) is 12.8 Å². The first-order chi connectivity index (χ1) is 7.22. The lowest BCUT2D eigenvalue weighted by atomic mass is 9.87. The molecule has 0 radical (unpaired) electrons. The lowest BCUT2D eigenvalue weighted by molar-refractivity contribution is -0.151. The van der Waals surface area contributed by atoms with Crippen LogP contribution in [-0.4, -0.2) is 48.3 Å². The maximum Gasteiger partial charge on any atom is 0.309 e. The van der Waals surface area contributed by atoms with Crippen LogP contribution in [0.5, 0.6) is 0 Å². The normalized spacial score (nSPS) is 33.7. The average Bonchev–Trinajstić information content (AvgIpc) is 2.15. The Balaban J connectivity index is 1.85. The van der Waals surface area contributed by atoms with Crippen LogP contribution in [0.1, 0.15) is 25.7 Å². The van der Waals surface area contributed by atoms with E-state index in [2.05, 4.69) is 4.90 Å². The van der Waals surface area contributed by atoms with Gasteiger partial charge in [-0.3, -0.25) is 9.69 Å². The Labute approximate surface area is 90.2 Å². The van der Waals surface area contributed by atoms with Gasteiger partial charge in [0.05, 0.1) is 12.0 Å². The first-order valence-electron chi connectivity index (χ1n) is 5.72. The minimum Gasteiger partial charge on any atom is -0.481 e. The van der Waals surface area contributed by atoms with Crippen molar-refractivity contribution in [1.82, 2.24) is 4.90 Å². The molecule has 1 aliphatic heterocycles. The van der Waals surface area contributed by atoms with Crippen molar-refractivity contribution in [2.24, 2.45) is 5.92 Å². The second-order valence-electron chi connectivity index (χ2n) is 4.62. The van der Waals surface area contributed by atoms with Crippen LogP contribution in [0.3, 0.4) is 0 Å². The van der Waals surface area contributed by atoms with Crippen molar-refractivity contribution in [1.29, 1.82) is 0 Å². The van der Waals surface area contributed by atoms with Gasteiger partial charge in [0.15, 0.2) is 0 Å². The zero-order chi connectivity index (χ0) is 10.8. The number of nitrogens with zero attached hydrogens (tertiary/aromatic N) is 1. The summed E-state index contributed by atoms with van der Waals surface area (Å²) >= 11 is 0. The highest BCUT2D eigenvalue weighted by atomic mass is 16.5. The summed E-state index contributed by atoms with van der Waals surface area (Å²) in [6, 6.07) is 0.458. The molecule has 15 heavy (non-hydrogen) atoms. The third kappa shape index (κ3) is 2.16. The summed E-state index contributed by atoms with van der Waals surface area (Å²) in [7, 11) is 1.76. The van der Waals surface area contributed by atoms with Gasteiger partial charge in [-0.2, -0.15) is 0 Å². The van der Waals surface area contributed by atoms with Crippen LogP contribution >= 0.6 is 0 Å². The van der Waals surface area contributed by atoms with E-state index < -0.39 is 5.97 Å². The molecule has 2 aliphatic rings. The highest BCUT2D eigenvalue weighted by Gasteiger charge is 2.40. The number of hydrogen-bond donors (Lipinski definition) is 1. The quantitative estimate of drug-likeness (QED) is 0.758. The lowest BCUT2D eigenvalue weighted by Gasteiger charge is -2.46. The molecule has 2 fully saturated rings. The highest BCUT2D eigenvalue weighted by Crippen LogP contribution is 2.30. The summed E-state index contributed by atoms with van der Waals surface area (Å²) < 4.78 is 5.47. The molecule has 2 unspecified atom stereocenters. The molecule has 0 aromatic heterocycles. The van der Waals surface area contributed by atoms with Crippen molar-refractivity contribution < 1.29 is 14.6 Å². The number of ether oxygens (including phenoxy) is 1. The van der Waals surface area contributed by atoms with Crippen LogP contribution in [-0.2, 0) is 9.53 Å². The van der Waals surface area contributed by atoms with E-state index in [-0.39, 0.29) is 5.92 Å². The maximum atomic E-state index is 10.7. The highest BCUT2D eigenvalue weighted by molar-refractivity contribution is 5.71.